The van der Waals surface area contributed by atoms with Crippen LogP contribution in [0.2, 0.25) is 5.02 Å². The lowest BCUT2D eigenvalue weighted by Gasteiger charge is -2.42. The smallest absolute Gasteiger partial charge is 0.255 e. The zero-order valence-corrected chi connectivity index (χ0v) is 21.7. The highest BCUT2D eigenvalue weighted by Gasteiger charge is 2.56. The molecule has 2 aliphatic carbocycles. The molecule has 9 nitrogen and oxygen atoms in total. The molecule has 0 spiro atoms. The molecule has 2 aliphatic rings. The summed E-state index contributed by atoms with van der Waals surface area (Å²) < 4.78 is 54.0. The number of nitrogens with two attached hydrogens (primary N) is 1. The van der Waals surface area contributed by atoms with Crippen LogP contribution in [0.5, 0.6) is 0 Å². The van der Waals surface area contributed by atoms with Gasteiger partial charge in [0, 0.05) is 17.3 Å². The van der Waals surface area contributed by atoms with E-state index in [2.05, 4.69) is 10.6 Å². The number of carbonyl (C=O) groups excluding carboxylic acids is 2. The van der Waals surface area contributed by atoms with Crippen LogP contribution in [0.4, 0.5) is 14.5 Å². The molecule has 0 aliphatic heterocycles. The predicted octanol–water partition coefficient (Wildman–Crippen LogP) is 2.35. The van der Waals surface area contributed by atoms with Crippen molar-refractivity contribution < 1.29 is 37.0 Å². The number of sulfone groups is 1. The maximum Gasteiger partial charge on any atom is 0.255 e. The molecule has 4 rings (SSSR count). The Bertz CT molecular complexity index is 1340. The van der Waals surface area contributed by atoms with E-state index in [9.17, 15) is 31.9 Å². The van der Waals surface area contributed by atoms with Crippen molar-refractivity contribution >= 4 is 38.9 Å². The normalized spacial score (nSPS) is 25.6. The van der Waals surface area contributed by atoms with Crippen molar-refractivity contribution in [3.8, 4) is 0 Å². The predicted molar refractivity (Wildman–Crippen MR) is 135 cm³/mol. The van der Waals surface area contributed by atoms with Gasteiger partial charge in [0.15, 0.2) is 21.5 Å². The van der Waals surface area contributed by atoms with Gasteiger partial charge >= 0.3 is 0 Å². The third-order valence-corrected chi connectivity index (χ3v) is 10.1. The number of rotatable bonds is 8. The molecule has 0 saturated heterocycles. The fourth-order valence-corrected chi connectivity index (χ4v) is 7.91. The zero-order valence-electron chi connectivity index (χ0n) is 20.2. The maximum atomic E-state index is 13.6. The summed E-state index contributed by atoms with van der Waals surface area (Å²) in [4.78, 5) is 24.8. The second-order valence-electron chi connectivity index (χ2n) is 9.88. The molecular weight excluding hydrogens is 544 g/mol. The molecule has 2 unspecified atom stereocenters. The Balaban J connectivity index is 1.51. The summed E-state index contributed by atoms with van der Waals surface area (Å²) in [6, 6.07) is 6.56. The van der Waals surface area contributed by atoms with Crippen LogP contribution in [-0.4, -0.2) is 54.1 Å². The van der Waals surface area contributed by atoms with Gasteiger partial charge in [-0.1, -0.05) is 11.6 Å². The number of anilines is 1. The third-order valence-electron chi connectivity index (χ3n) is 7.44. The number of amides is 2. The van der Waals surface area contributed by atoms with Gasteiger partial charge in [-0.15, -0.1) is 0 Å². The number of aliphatic hydroxyl groups excluding tert-OH is 1. The fourth-order valence-electron chi connectivity index (χ4n) is 5.51. The fraction of sp³-hybridized carbons (Fsp3) is 0.440. The Morgan fingerprint density at radius 2 is 1.76 bits per heavy atom. The van der Waals surface area contributed by atoms with Crippen LogP contribution in [-0.2, 0) is 14.6 Å². The SMILES string of the molecule is N[C@@H](O)CNC(=O)C[C@]1(O)C2CCC1C[C@@H](S(=O)(=O)c1cc(C(=O)Nc3ccc(F)c(F)c3)ccc1Cl)C2. The molecule has 2 fully saturated rings. The second-order valence-corrected chi connectivity index (χ2v) is 12.5. The van der Waals surface area contributed by atoms with Crippen molar-refractivity contribution in [2.75, 3.05) is 11.9 Å². The number of nitrogens with one attached hydrogen (secondary N) is 2. The number of hydrogen-bond donors (Lipinski definition) is 5. The van der Waals surface area contributed by atoms with Gasteiger partial charge in [-0.05, 0) is 67.9 Å². The van der Waals surface area contributed by atoms with Gasteiger partial charge in [0.25, 0.3) is 5.91 Å². The molecule has 0 aromatic heterocycles. The van der Waals surface area contributed by atoms with Crippen molar-refractivity contribution in [1.29, 1.82) is 0 Å². The number of aliphatic hydroxyl groups is 2. The van der Waals surface area contributed by atoms with E-state index in [1.165, 1.54) is 18.2 Å². The van der Waals surface area contributed by atoms with Crippen molar-refractivity contribution in [1.82, 2.24) is 5.32 Å². The Kier molecular flexibility index (Phi) is 8.10. The van der Waals surface area contributed by atoms with Crippen LogP contribution in [0.25, 0.3) is 0 Å². The highest BCUT2D eigenvalue weighted by atomic mass is 35.5. The van der Waals surface area contributed by atoms with Crippen molar-refractivity contribution in [2.24, 2.45) is 17.6 Å². The molecule has 2 aromatic carbocycles. The lowest BCUT2D eigenvalue weighted by molar-refractivity contribution is -0.133. The topological polar surface area (TPSA) is 159 Å². The number of hydrogen-bond acceptors (Lipinski definition) is 7. The van der Waals surface area contributed by atoms with Gasteiger partial charge in [0.1, 0.15) is 6.23 Å². The van der Waals surface area contributed by atoms with E-state index in [1.54, 1.807) is 0 Å². The van der Waals surface area contributed by atoms with Crippen molar-refractivity contribution in [3.63, 3.8) is 0 Å². The summed E-state index contributed by atoms with van der Waals surface area (Å²) in [5, 5.41) is 24.4. The monoisotopic (exact) mass is 571 g/mol. The van der Waals surface area contributed by atoms with Crippen molar-refractivity contribution in [2.45, 2.75) is 54.1 Å². The Labute approximate surface area is 223 Å². The van der Waals surface area contributed by atoms with Crippen LogP contribution in [0.15, 0.2) is 41.3 Å². The third kappa shape index (κ3) is 5.69. The molecule has 3 atom stereocenters. The zero-order chi connectivity index (χ0) is 27.8. The molecule has 6 N–H and O–H groups in total. The lowest BCUT2D eigenvalue weighted by atomic mass is 9.72. The average molecular weight is 572 g/mol. The Morgan fingerprint density at radius 3 is 2.37 bits per heavy atom. The number of halogens is 3. The van der Waals surface area contributed by atoms with Crippen molar-refractivity contribution in [3.05, 3.63) is 58.6 Å². The molecule has 0 heterocycles. The van der Waals surface area contributed by atoms with E-state index in [1.807, 2.05) is 0 Å². The summed E-state index contributed by atoms with van der Waals surface area (Å²) in [5.41, 5.74) is 3.79. The van der Waals surface area contributed by atoms with E-state index in [0.29, 0.717) is 12.8 Å². The van der Waals surface area contributed by atoms with E-state index < -0.39 is 62.2 Å². The molecule has 206 valence electrons. The summed E-state index contributed by atoms with van der Waals surface area (Å²) in [6.45, 7) is -0.167. The minimum Gasteiger partial charge on any atom is -0.389 e. The molecule has 2 amide bonds. The largest absolute Gasteiger partial charge is 0.389 e. The highest BCUT2D eigenvalue weighted by Crippen LogP contribution is 2.53. The first-order valence-electron chi connectivity index (χ1n) is 12.0. The minimum absolute atomic E-state index is 0.0126. The first-order valence-corrected chi connectivity index (χ1v) is 14.0. The van der Waals surface area contributed by atoms with E-state index in [0.717, 1.165) is 18.2 Å². The molecule has 2 aromatic rings. The standard InChI is InChI=1S/C25H28ClF2N3O6S/c26-18-5-1-13(24(34)31-16-4-6-19(27)20(28)10-16)7-21(18)38(36,37)17-8-14-2-3-15(9-17)25(14,35)11-23(33)30-12-22(29)32/h1,4-7,10,14-15,17,22,32,35H,2-3,8-9,11-12,29H2,(H,30,33)(H,31,34)/t14?,15?,17-,22-,25-/m0/s1. The van der Waals surface area contributed by atoms with Crippen LogP contribution >= 0.6 is 11.6 Å². The van der Waals surface area contributed by atoms with Crippen LogP contribution in [0, 0.1) is 23.5 Å². The average Bonchev–Trinajstić information content (AvgIpc) is 3.00. The minimum atomic E-state index is -4.04. The molecule has 13 heteroatoms. The number of benzene rings is 2. The first-order chi connectivity index (χ1) is 17.8. The summed E-state index contributed by atoms with van der Waals surface area (Å²) in [5.74, 6) is -4.36. The highest BCUT2D eigenvalue weighted by molar-refractivity contribution is 7.92. The molecule has 0 radical (unpaired) electrons. The first kappa shape index (κ1) is 28.4. The number of carbonyl (C=O) groups is 2. The van der Waals surface area contributed by atoms with Gasteiger partial charge in [-0.25, -0.2) is 17.2 Å². The Morgan fingerprint density at radius 1 is 1.11 bits per heavy atom. The molecular formula is C25H28ClF2N3O6S. The van der Waals surface area contributed by atoms with Crippen LogP contribution in [0.1, 0.15) is 42.5 Å². The second kappa shape index (κ2) is 10.9. The lowest BCUT2D eigenvalue weighted by Crippen LogP contribution is -2.51. The molecule has 2 saturated carbocycles. The van der Waals surface area contributed by atoms with Crippen LogP contribution in [0.3, 0.4) is 0 Å². The van der Waals surface area contributed by atoms with Crippen LogP contribution < -0.4 is 16.4 Å². The van der Waals surface area contributed by atoms with Gasteiger partial charge in [0.05, 0.1) is 33.7 Å². The maximum absolute atomic E-state index is 13.6. The quantitative estimate of drug-likeness (QED) is 0.304. The summed E-state index contributed by atoms with van der Waals surface area (Å²) >= 11 is 6.24. The number of fused-ring (bicyclic) bond motifs is 2. The summed E-state index contributed by atoms with van der Waals surface area (Å²) in [6.07, 6.45) is -0.171. The summed E-state index contributed by atoms with van der Waals surface area (Å²) in [7, 11) is -4.04. The van der Waals surface area contributed by atoms with E-state index >= 15 is 0 Å². The Hall–Kier alpha value is -2.64. The van der Waals surface area contributed by atoms with Gasteiger partial charge in [-0.3, -0.25) is 9.59 Å². The van der Waals surface area contributed by atoms with E-state index in [4.69, 9.17) is 22.4 Å². The molecule has 38 heavy (non-hydrogen) atoms. The van der Waals surface area contributed by atoms with E-state index in [-0.39, 0.29) is 47.0 Å². The van der Waals surface area contributed by atoms with Gasteiger partial charge in [0.2, 0.25) is 5.91 Å². The molecule has 2 bridgehead atoms. The van der Waals surface area contributed by atoms with Gasteiger partial charge in [-0.2, -0.15) is 0 Å². The van der Waals surface area contributed by atoms with Gasteiger partial charge < -0.3 is 26.6 Å².